The summed E-state index contributed by atoms with van der Waals surface area (Å²) in [6.07, 6.45) is 16.3. The van der Waals surface area contributed by atoms with Crippen LogP contribution in [0.3, 0.4) is 0 Å². The zero-order valence-corrected chi connectivity index (χ0v) is 27.9. The van der Waals surface area contributed by atoms with Gasteiger partial charge in [0.15, 0.2) is 5.84 Å². The molecule has 0 amide bonds. The molecule has 0 aromatic heterocycles. The van der Waals surface area contributed by atoms with Crippen molar-refractivity contribution < 1.29 is 0 Å². The fourth-order valence-electron chi connectivity index (χ4n) is 8.13. The lowest BCUT2D eigenvalue weighted by molar-refractivity contribution is 0.514. The normalized spacial score (nSPS) is 18.6. The highest BCUT2D eigenvalue weighted by atomic mass is 15.0. The highest BCUT2D eigenvalue weighted by Crippen LogP contribution is 2.42. The summed E-state index contributed by atoms with van der Waals surface area (Å²) in [6, 6.07) is 44.2. The molecule has 1 unspecified atom stereocenters. The molecule has 1 heterocycles. The highest BCUT2D eigenvalue weighted by Gasteiger charge is 2.34. The number of aryl methyl sites for hydroxylation is 1. The van der Waals surface area contributed by atoms with Crippen molar-refractivity contribution in [2.45, 2.75) is 44.6 Å². The first-order valence-electron chi connectivity index (χ1n) is 17.6. The van der Waals surface area contributed by atoms with Gasteiger partial charge in [-0.3, -0.25) is 4.99 Å². The van der Waals surface area contributed by atoms with Crippen molar-refractivity contribution in [3.05, 3.63) is 173 Å². The molecule has 2 nitrogen and oxygen atoms in total. The van der Waals surface area contributed by atoms with Crippen LogP contribution in [0.25, 0.3) is 49.9 Å². The third-order valence-corrected chi connectivity index (χ3v) is 10.6. The molecule has 0 N–H and O–H groups in total. The van der Waals surface area contributed by atoms with Crippen molar-refractivity contribution in [2.24, 2.45) is 9.98 Å². The Bertz CT molecular complexity index is 2420. The molecule has 0 bridgehead atoms. The lowest BCUT2D eigenvalue weighted by atomic mass is 9.82. The Morgan fingerprint density at radius 3 is 2.06 bits per heavy atom. The molecule has 6 aromatic carbocycles. The molecule has 0 saturated carbocycles. The van der Waals surface area contributed by atoms with Crippen LogP contribution in [0.5, 0.6) is 0 Å². The minimum atomic E-state index is -0.421. The molecule has 6 aromatic rings. The van der Waals surface area contributed by atoms with E-state index in [1.165, 1.54) is 60.5 Å². The molecule has 3 aliphatic rings. The molecule has 0 fully saturated rings. The molecular weight excluding hydrogens is 593 g/mol. The van der Waals surface area contributed by atoms with Crippen LogP contribution in [0.2, 0.25) is 0 Å². The van der Waals surface area contributed by atoms with Crippen molar-refractivity contribution >= 4 is 39.2 Å². The monoisotopic (exact) mass is 630 g/mol. The van der Waals surface area contributed by atoms with E-state index in [2.05, 4.69) is 159 Å². The molecule has 0 saturated heterocycles. The topological polar surface area (TPSA) is 24.7 Å². The maximum atomic E-state index is 5.48. The molecule has 1 atom stereocenters. The van der Waals surface area contributed by atoms with Crippen LogP contribution in [-0.2, 0) is 12.0 Å². The number of rotatable bonds is 5. The molecule has 0 radical (unpaired) electrons. The Labute approximate surface area is 288 Å². The number of hydrogen-bond acceptors (Lipinski definition) is 2. The minimum absolute atomic E-state index is 0.421. The van der Waals surface area contributed by atoms with Crippen LogP contribution < -0.4 is 0 Å². The fraction of sp³-hybridized carbons (Fsp3) is 0.149. The average Bonchev–Trinajstić information content (AvgIpc) is 3.18. The SMILES string of the molecule is CC1(c2ccccc2)CC(C2=CC=CCC2)=NC(c2ccccc2-c2ccccc2-c2ccc3c(c2)c2c(c4ccccc43)CCC=C2)=N1. The van der Waals surface area contributed by atoms with Gasteiger partial charge in [-0.2, -0.15) is 0 Å². The van der Waals surface area contributed by atoms with Gasteiger partial charge in [-0.25, -0.2) is 4.99 Å². The van der Waals surface area contributed by atoms with Crippen molar-refractivity contribution in [3.8, 4) is 22.3 Å². The maximum absolute atomic E-state index is 5.48. The Morgan fingerprint density at radius 2 is 1.27 bits per heavy atom. The lowest BCUT2D eigenvalue weighted by Gasteiger charge is -2.32. The van der Waals surface area contributed by atoms with Crippen molar-refractivity contribution in [1.82, 2.24) is 0 Å². The van der Waals surface area contributed by atoms with E-state index in [0.717, 1.165) is 54.8 Å². The van der Waals surface area contributed by atoms with Crippen LogP contribution in [0.1, 0.15) is 54.9 Å². The molecule has 236 valence electrons. The highest BCUT2D eigenvalue weighted by molar-refractivity contribution is 6.17. The molecule has 9 rings (SSSR count). The van der Waals surface area contributed by atoms with Gasteiger partial charge in [0.25, 0.3) is 0 Å². The molecule has 2 aliphatic carbocycles. The molecule has 2 heteroatoms. The summed E-state index contributed by atoms with van der Waals surface area (Å²) in [5, 5.41) is 5.36. The second kappa shape index (κ2) is 12.1. The Hall–Kier alpha value is -5.60. The summed E-state index contributed by atoms with van der Waals surface area (Å²) in [7, 11) is 0. The number of fused-ring (bicyclic) bond motifs is 6. The molecule has 0 spiro atoms. The van der Waals surface area contributed by atoms with E-state index in [0.29, 0.717) is 0 Å². The van der Waals surface area contributed by atoms with E-state index in [-0.39, 0.29) is 0 Å². The standard InChI is InChI=1S/C47H38N2/c1-47(34-18-6-3-7-19-34)31-45(32-16-4-2-5-17-32)48-46(49-47)43-27-15-14-25-40(43)36-21-9-8-20-35(36)33-28-29-42-39-24-11-10-22-37(39)38-23-12-13-26-41(38)44(42)30-33/h2-4,6-11,13-16,18-22,24-30H,5,12,17,23,31H2,1H3. The summed E-state index contributed by atoms with van der Waals surface area (Å²) in [5.74, 6) is 0.803. The lowest BCUT2D eigenvalue weighted by Crippen LogP contribution is -2.31. The van der Waals surface area contributed by atoms with Gasteiger partial charge in [0, 0.05) is 17.7 Å². The van der Waals surface area contributed by atoms with E-state index >= 15 is 0 Å². The molecule has 1 aliphatic heterocycles. The van der Waals surface area contributed by atoms with Crippen LogP contribution >= 0.6 is 0 Å². The number of nitrogens with zero attached hydrogens (tertiary/aromatic N) is 2. The Kier molecular flexibility index (Phi) is 7.31. The summed E-state index contributed by atoms with van der Waals surface area (Å²) >= 11 is 0. The largest absolute Gasteiger partial charge is 0.254 e. The van der Waals surface area contributed by atoms with Gasteiger partial charge in [-0.1, -0.05) is 146 Å². The summed E-state index contributed by atoms with van der Waals surface area (Å²) in [5.41, 5.74) is 11.9. The van der Waals surface area contributed by atoms with Gasteiger partial charge >= 0.3 is 0 Å². The van der Waals surface area contributed by atoms with Gasteiger partial charge in [-0.15, -0.1) is 0 Å². The van der Waals surface area contributed by atoms with Crippen molar-refractivity contribution in [3.63, 3.8) is 0 Å². The quantitative estimate of drug-likeness (QED) is 0.169. The predicted octanol–water partition coefficient (Wildman–Crippen LogP) is 12.1. The summed E-state index contributed by atoms with van der Waals surface area (Å²) < 4.78 is 0. The van der Waals surface area contributed by atoms with E-state index in [9.17, 15) is 0 Å². The van der Waals surface area contributed by atoms with Crippen LogP contribution in [0, 0.1) is 0 Å². The number of allylic oxidation sites excluding steroid dienone is 5. The third-order valence-electron chi connectivity index (χ3n) is 10.6. The van der Waals surface area contributed by atoms with Gasteiger partial charge < -0.3 is 0 Å². The second-order valence-corrected chi connectivity index (χ2v) is 13.7. The summed E-state index contributed by atoms with van der Waals surface area (Å²) in [4.78, 5) is 10.8. The molecule has 49 heavy (non-hydrogen) atoms. The van der Waals surface area contributed by atoms with Gasteiger partial charge in [-0.05, 0) is 105 Å². The van der Waals surface area contributed by atoms with Gasteiger partial charge in [0.1, 0.15) is 0 Å². The van der Waals surface area contributed by atoms with Crippen LogP contribution in [-0.4, -0.2) is 11.5 Å². The number of aliphatic imine (C=N–C) groups is 2. The zero-order chi connectivity index (χ0) is 32.8. The van der Waals surface area contributed by atoms with Gasteiger partial charge in [0.2, 0.25) is 0 Å². The first-order chi connectivity index (χ1) is 24.2. The Balaban J connectivity index is 1.22. The number of amidine groups is 1. The predicted molar refractivity (Wildman–Crippen MR) is 209 cm³/mol. The first kappa shape index (κ1) is 29.5. The van der Waals surface area contributed by atoms with E-state index in [1.54, 1.807) is 0 Å². The summed E-state index contributed by atoms with van der Waals surface area (Å²) in [6.45, 7) is 2.26. The van der Waals surface area contributed by atoms with Gasteiger partial charge in [0.05, 0.1) is 5.54 Å². The first-order valence-corrected chi connectivity index (χ1v) is 17.6. The van der Waals surface area contributed by atoms with E-state index in [4.69, 9.17) is 9.98 Å². The number of benzene rings is 6. The fourth-order valence-corrected chi connectivity index (χ4v) is 8.13. The number of hydrogen-bond donors (Lipinski definition) is 0. The van der Waals surface area contributed by atoms with E-state index < -0.39 is 5.54 Å². The van der Waals surface area contributed by atoms with E-state index in [1.807, 2.05) is 0 Å². The second-order valence-electron chi connectivity index (χ2n) is 13.7. The minimum Gasteiger partial charge on any atom is -0.254 e. The average molecular weight is 631 g/mol. The third kappa shape index (κ3) is 5.20. The zero-order valence-electron chi connectivity index (χ0n) is 27.9. The smallest absolute Gasteiger partial charge is 0.156 e. The molecular formula is C47H38N2. The van der Waals surface area contributed by atoms with Crippen LogP contribution in [0.4, 0.5) is 0 Å². The maximum Gasteiger partial charge on any atom is 0.156 e. The van der Waals surface area contributed by atoms with Crippen molar-refractivity contribution in [2.75, 3.05) is 0 Å². The Morgan fingerprint density at radius 1 is 0.592 bits per heavy atom. The van der Waals surface area contributed by atoms with Crippen LogP contribution in [0.15, 0.2) is 161 Å². The van der Waals surface area contributed by atoms with Crippen molar-refractivity contribution in [1.29, 1.82) is 0 Å².